The van der Waals surface area contributed by atoms with Gasteiger partial charge in [0.1, 0.15) is 6.04 Å². The first-order valence-corrected chi connectivity index (χ1v) is 14.8. The molecule has 198 valence electrons. The van der Waals surface area contributed by atoms with Crippen LogP contribution in [0.5, 0.6) is 0 Å². The van der Waals surface area contributed by atoms with Gasteiger partial charge in [-0.2, -0.15) is 0 Å². The molecule has 0 unspecified atom stereocenters. The summed E-state index contributed by atoms with van der Waals surface area (Å²) in [5, 5.41) is 6.01. The fraction of sp³-hybridized carbons (Fsp3) is 0.692. The molecule has 2 amide bonds. The van der Waals surface area contributed by atoms with Gasteiger partial charge in [-0.25, -0.2) is 13.1 Å². The molecule has 1 heterocycles. The van der Waals surface area contributed by atoms with Gasteiger partial charge in [0.15, 0.2) is 0 Å². The van der Waals surface area contributed by atoms with Crippen molar-refractivity contribution in [2.75, 3.05) is 19.3 Å². The molecule has 0 aromatic heterocycles. The maximum atomic E-state index is 13.5. The van der Waals surface area contributed by atoms with E-state index in [1.165, 1.54) is 6.26 Å². The molecule has 5 atom stereocenters. The molecule has 0 saturated carbocycles. The minimum absolute atomic E-state index is 0.0217. The number of carbonyl (C=O) groups is 2. The molecule has 1 aromatic carbocycles. The van der Waals surface area contributed by atoms with Gasteiger partial charge in [-0.3, -0.25) is 14.5 Å². The third-order valence-electron chi connectivity index (χ3n) is 7.15. The highest BCUT2D eigenvalue weighted by Gasteiger charge is 2.35. The molecule has 1 aromatic rings. The molecule has 0 aliphatic carbocycles. The molecule has 8 nitrogen and oxygen atoms in total. The van der Waals surface area contributed by atoms with Crippen molar-refractivity contribution in [3.05, 3.63) is 35.9 Å². The Labute approximate surface area is 211 Å². The van der Waals surface area contributed by atoms with E-state index in [-0.39, 0.29) is 35.7 Å². The summed E-state index contributed by atoms with van der Waals surface area (Å²) in [5.74, 6) is -0.235. The van der Waals surface area contributed by atoms with Crippen LogP contribution in [-0.4, -0.2) is 62.6 Å². The molecule has 35 heavy (non-hydrogen) atoms. The van der Waals surface area contributed by atoms with Crippen molar-refractivity contribution < 1.29 is 18.0 Å². The molecule has 1 saturated heterocycles. The van der Waals surface area contributed by atoms with E-state index in [2.05, 4.69) is 20.3 Å². The van der Waals surface area contributed by atoms with Crippen LogP contribution in [0, 0.1) is 11.8 Å². The molecule has 1 aliphatic heterocycles. The highest BCUT2D eigenvalue weighted by molar-refractivity contribution is 7.88. The number of sulfonamides is 1. The second-order valence-corrected chi connectivity index (χ2v) is 11.7. The van der Waals surface area contributed by atoms with Crippen LogP contribution < -0.4 is 15.4 Å². The van der Waals surface area contributed by atoms with E-state index < -0.39 is 16.1 Å². The van der Waals surface area contributed by atoms with Gasteiger partial charge >= 0.3 is 0 Å². The molecule has 0 radical (unpaired) electrons. The highest BCUT2D eigenvalue weighted by Crippen LogP contribution is 2.21. The number of likely N-dealkylation sites (tertiary alicyclic amines) is 1. The minimum atomic E-state index is -3.37. The number of carbonyl (C=O) groups excluding carboxylic acids is 2. The number of piperidine rings is 1. The number of rotatable bonds is 13. The van der Waals surface area contributed by atoms with Gasteiger partial charge in [0.2, 0.25) is 21.8 Å². The molecular weight excluding hydrogens is 464 g/mol. The number of amides is 2. The molecule has 9 heteroatoms. The first-order chi connectivity index (χ1) is 16.6. The quantitative estimate of drug-likeness (QED) is 0.380. The van der Waals surface area contributed by atoms with E-state index in [0.717, 1.165) is 37.8 Å². The standard InChI is InChI=1S/C26H44N4O4S/c1-6-19(3)22(29-35(5,33)34)18-30-16-12-11-15-23(30)25(31)28-24(20(4)7-2)26(32)27-17-21-13-9-8-10-14-21/h8-10,13-14,19-20,22-24,29H,6-7,11-12,15-18H2,1-5H3,(H,27,32)(H,28,31)/t19-,20-,22+,23-,24-/m0/s1. The number of hydrogen-bond donors (Lipinski definition) is 3. The molecule has 0 spiro atoms. The Morgan fingerprint density at radius 3 is 2.31 bits per heavy atom. The summed E-state index contributed by atoms with van der Waals surface area (Å²) in [6.45, 7) is 9.64. The minimum Gasteiger partial charge on any atom is -0.350 e. The number of nitrogens with zero attached hydrogens (tertiary/aromatic N) is 1. The maximum Gasteiger partial charge on any atom is 0.243 e. The molecule has 3 N–H and O–H groups in total. The number of hydrogen-bond acceptors (Lipinski definition) is 5. The van der Waals surface area contributed by atoms with Crippen LogP contribution in [0.25, 0.3) is 0 Å². The van der Waals surface area contributed by atoms with Crippen molar-refractivity contribution >= 4 is 21.8 Å². The molecule has 0 bridgehead atoms. The Hall–Kier alpha value is -1.97. The predicted molar refractivity (Wildman–Crippen MR) is 140 cm³/mol. The maximum absolute atomic E-state index is 13.5. The number of nitrogens with one attached hydrogen (secondary N) is 3. The summed E-state index contributed by atoms with van der Waals surface area (Å²) < 4.78 is 26.7. The zero-order valence-corrected chi connectivity index (χ0v) is 22.7. The SMILES string of the molecule is CC[C@H](C)[C@H](NC(=O)[C@@H]1CCCCN1C[C@@H](NS(C)(=O)=O)[C@@H](C)CC)C(=O)NCc1ccccc1. The lowest BCUT2D eigenvalue weighted by atomic mass is 9.94. The molecule has 1 aliphatic rings. The Morgan fingerprint density at radius 1 is 1.06 bits per heavy atom. The number of benzene rings is 1. The van der Waals surface area contributed by atoms with Gasteiger partial charge in [-0.15, -0.1) is 0 Å². The lowest BCUT2D eigenvalue weighted by Crippen LogP contribution is -2.58. The summed E-state index contributed by atoms with van der Waals surface area (Å²) >= 11 is 0. The molecular formula is C26H44N4O4S. The Balaban J connectivity index is 2.11. The smallest absolute Gasteiger partial charge is 0.243 e. The van der Waals surface area contributed by atoms with Crippen molar-refractivity contribution in [2.45, 2.75) is 84.5 Å². The summed E-state index contributed by atoms with van der Waals surface area (Å²) in [5.41, 5.74) is 1.00. The van der Waals surface area contributed by atoms with Gasteiger partial charge in [0.25, 0.3) is 0 Å². The Kier molecular flexibility index (Phi) is 11.7. The van der Waals surface area contributed by atoms with Crippen LogP contribution in [-0.2, 0) is 26.2 Å². The second kappa shape index (κ2) is 13.9. The van der Waals surface area contributed by atoms with Gasteiger partial charge in [0, 0.05) is 19.1 Å². The highest BCUT2D eigenvalue weighted by atomic mass is 32.2. The largest absolute Gasteiger partial charge is 0.350 e. The van der Waals surface area contributed by atoms with Crippen LogP contribution in [0.4, 0.5) is 0 Å². The van der Waals surface area contributed by atoms with Crippen LogP contribution in [0.2, 0.25) is 0 Å². The van der Waals surface area contributed by atoms with E-state index in [0.29, 0.717) is 19.5 Å². The average Bonchev–Trinajstić information content (AvgIpc) is 2.84. The Bertz CT molecular complexity index is 909. The fourth-order valence-electron chi connectivity index (χ4n) is 4.50. The van der Waals surface area contributed by atoms with E-state index >= 15 is 0 Å². The topological polar surface area (TPSA) is 108 Å². The average molecular weight is 509 g/mol. The first kappa shape index (κ1) is 29.3. The van der Waals surface area contributed by atoms with Crippen molar-refractivity contribution in [3.63, 3.8) is 0 Å². The zero-order chi connectivity index (χ0) is 26.0. The van der Waals surface area contributed by atoms with Crippen LogP contribution in [0.1, 0.15) is 65.4 Å². The normalized spacial score (nSPS) is 20.4. The third kappa shape index (κ3) is 9.54. The monoisotopic (exact) mass is 508 g/mol. The van der Waals surface area contributed by atoms with E-state index in [4.69, 9.17) is 0 Å². The zero-order valence-electron chi connectivity index (χ0n) is 21.9. The molecule has 1 fully saturated rings. The first-order valence-electron chi connectivity index (χ1n) is 12.9. The fourth-order valence-corrected chi connectivity index (χ4v) is 5.36. The van der Waals surface area contributed by atoms with Crippen molar-refractivity contribution in [1.29, 1.82) is 0 Å². The second-order valence-electron chi connectivity index (χ2n) is 9.96. The van der Waals surface area contributed by atoms with E-state index in [1.54, 1.807) is 0 Å². The summed E-state index contributed by atoms with van der Waals surface area (Å²) in [6.07, 6.45) is 5.34. The van der Waals surface area contributed by atoms with Crippen LogP contribution in [0.3, 0.4) is 0 Å². The van der Waals surface area contributed by atoms with Gasteiger partial charge in [-0.1, -0.05) is 77.3 Å². The van der Waals surface area contributed by atoms with Crippen LogP contribution in [0.15, 0.2) is 30.3 Å². The van der Waals surface area contributed by atoms with Crippen LogP contribution >= 0.6 is 0 Å². The lowest BCUT2D eigenvalue weighted by Gasteiger charge is -2.39. The van der Waals surface area contributed by atoms with Crippen molar-refractivity contribution in [3.8, 4) is 0 Å². The molecule has 2 rings (SSSR count). The third-order valence-corrected chi connectivity index (χ3v) is 7.88. The van der Waals surface area contributed by atoms with Gasteiger partial charge in [-0.05, 0) is 36.8 Å². The van der Waals surface area contributed by atoms with E-state index in [9.17, 15) is 18.0 Å². The van der Waals surface area contributed by atoms with Crippen molar-refractivity contribution in [2.24, 2.45) is 11.8 Å². The van der Waals surface area contributed by atoms with Crippen molar-refractivity contribution in [1.82, 2.24) is 20.3 Å². The Morgan fingerprint density at radius 2 is 1.71 bits per heavy atom. The van der Waals surface area contributed by atoms with Gasteiger partial charge < -0.3 is 10.6 Å². The lowest BCUT2D eigenvalue weighted by molar-refractivity contribution is -0.134. The predicted octanol–water partition coefficient (Wildman–Crippen LogP) is 2.65. The summed E-state index contributed by atoms with van der Waals surface area (Å²) in [7, 11) is -3.37. The summed E-state index contributed by atoms with van der Waals surface area (Å²) in [6, 6.07) is 8.41. The summed E-state index contributed by atoms with van der Waals surface area (Å²) in [4.78, 5) is 28.6. The van der Waals surface area contributed by atoms with E-state index in [1.807, 2.05) is 58.0 Å². The van der Waals surface area contributed by atoms with Gasteiger partial charge in [0.05, 0.1) is 12.3 Å².